The fourth-order valence-corrected chi connectivity index (χ4v) is 2.08. The van der Waals surface area contributed by atoms with Gasteiger partial charge in [-0.25, -0.2) is 13.1 Å². The monoisotopic (exact) mass is 251 g/mol. The molecule has 90 valence electrons. The molecule has 2 rings (SSSR count). The summed E-state index contributed by atoms with van der Waals surface area (Å²) in [5, 5.41) is 4.14. The maximum atomic E-state index is 11.3. The SMILES string of the molecule is CS(=O)(=O)c1ccc(-n2cc(CN)cn2)cc1. The van der Waals surface area contributed by atoms with Gasteiger partial charge in [0.2, 0.25) is 0 Å². The third-order valence-electron chi connectivity index (χ3n) is 2.40. The number of nitrogens with two attached hydrogens (primary N) is 1. The number of sulfone groups is 1. The third kappa shape index (κ3) is 2.54. The van der Waals surface area contributed by atoms with Crippen molar-refractivity contribution in [1.29, 1.82) is 0 Å². The lowest BCUT2D eigenvalue weighted by atomic mass is 10.3. The van der Waals surface area contributed by atoms with E-state index in [1.807, 2.05) is 6.20 Å². The fourth-order valence-electron chi connectivity index (χ4n) is 1.45. The number of aromatic nitrogens is 2. The fraction of sp³-hybridized carbons (Fsp3) is 0.182. The van der Waals surface area contributed by atoms with Gasteiger partial charge in [-0.2, -0.15) is 5.10 Å². The van der Waals surface area contributed by atoms with Gasteiger partial charge >= 0.3 is 0 Å². The molecule has 6 heteroatoms. The van der Waals surface area contributed by atoms with Crippen LogP contribution >= 0.6 is 0 Å². The van der Waals surface area contributed by atoms with E-state index in [1.165, 1.54) is 6.26 Å². The molecule has 0 aliphatic heterocycles. The highest BCUT2D eigenvalue weighted by atomic mass is 32.2. The largest absolute Gasteiger partial charge is 0.326 e. The highest BCUT2D eigenvalue weighted by Crippen LogP contribution is 2.13. The molecule has 0 bridgehead atoms. The van der Waals surface area contributed by atoms with E-state index in [2.05, 4.69) is 5.10 Å². The number of rotatable bonds is 3. The maximum absolute atomic E-state index is 11.3. The van der Waals surface area contributed by atoms with Gasteiger partial charge in [0.1, 0.15) is 0 Å². The molecule has 0 radical (unpaired) electrons. The van der Waals surface area contributed by atoms with Crippen LogP contribution in [0.4, 0.5) is 0 Å². The zero-order valence-electron chi connectivity index (χ0n) is 9.37. The highest BCUT2D eigenvalue weighted by molar-refractivity contribution is 7.90. The molecule has 0 amide bonds. The maximum Gasteiger partial charge on any atom is 0.175 e. The lowest BCUT2D eigenvalue weighted by molar-refractivity contribution is 0.602. The van der Waals surface area contributed by atoms with E-state index in [9.17, 15) is 8.42 Å². The van der Waals surface area contributed by atoms with Crippen molar-refractivity contribution in [3.63, 3.8) is 0 Å². The molecule has 0 fully saturated rings. The molecule has 2 aromatic rings. The minimum atomic E-state index is -3.15. The van der Waals surface area contributed by atoms with Gasteiger partial charge in [-0.15, -0.1) is 0 Å². The predicted molar refractivity (Wildman–Crippen MR) is 64.6 cm³/mol. The molecule has 0 saturated heterocycles. The summed E-state index contributed by atoms with van der Waals surface area (Å²) in [5.41, 5.74) is 7.22. The summed E-state index contributed by atoms with van der Waals surface area (Å²) in [6, 6.07) is 6.55. The van der Waals surface area contributed by atoms with Crippen LogP contribution in [0.25, 0.3) is 5.69 Å². The Kier molecular flexibility index (Phi) is 2.99. The second kappa shape index (κ2) is 4.31. The van der Waals surface area contributed by atoms with Crippen LogP contribution in [-0.2, 0) is 16.4 Å². The molecular formula is C11H13N3O2S. The van der Waals surface area contributed by atoms with Gasteiger partial charge in [0.05, 0.1) is 16.8 Å². The number of nitrogens with zero attached hydrogens (tertiary/aromatic N) is 2. The van der Waals surface area contributed by atoms with Crippen LogP contribution in [0.3, 0.4) is 0 Å². The van der Waals surface area contributed by atoms with E-state index in [-0.39, 0.29) is 0 Å². The van der Waals surface area contributed by atoms with Crippen molar-refractivity contribution < 1.29 is 8.42 Å². The first-order chi connectivity index (χ1) is 8.00. The smallest absolute Gasteiger partial charge is 0.175 e. The van der Waals surface area contributed by atoms with Crippen molar-refractivity contribution in [3.8, 4) is 5.69 Å². The average molecular weight is 251 g/mol. The molecule has 1 aromatic heterocycles. The molecular weight excluding hydrogens is 238 g/mol. The predicted octanol–water partition coefficient (Wildman–Crippen LogP) is 0.734. The minimum absolute atomic E-state index is 0.299. The molecule has 0 saturated carbocycles. The van der Waals surface area contributed by atoms with E-state index in [4.69, 9.17) is 5.73 Å². The van der Waals surface area contributed by atoms with Crippen molar-refractivity contribution in [2.75, 3.05) is 6.26 Å². The number of hydrogen-bond donors (Lipinski definition) is 1. The number of benzene rings is 1. The van der Waals surface area contributed by atoms with Crippen LogP contribution in [-0.4, -0.2) is 24.5 Å². The Bertz CT molecular complexity index is 614. The Balaban J connectivity index is 2.35. The molecule has 0 unspecified atom stereocenters. The zero-order chi connectivity index (χ0) is 12.5. The van der Waals surface area contributed by atoms with E-state index >= 15 is 0 Å². The average Bonchev–Trinajstić information content (AvgIpc) is 2.76. The van der Waals surface area contributed by atoms with E-state index < -0.39 is 9.84 Å². The Morgan fingerprint density at radius 2 is 1.94 bits per heavy atom. The van der Waals surface area contributed by atoms with E-state index in [1.54, 1.807) is 35.1 Å². The first-order valence-electron chi connectivity index (χ1n) is 5.05. The van der Waals surface area contributed by atoms with Gasteiger partial charge in [0, 0.05) is 24.6 Å². The van der Waals surface area contributed by atoms with Crippen molar-refractivity contribution >= 4 is 9.84 Å². The van der Waals surface area contributed by atoms with E-state index in [0.717, 1.165) is 11.3 Å². The summed E-state index contributed by atoms with van der Waals surface area (Å²) in [5.74, 6) is 0. The minimum Gasteiger partial charge on any atom is -0.326 e. The van der Waals surface area contributed by atoms with Gasteiger partial charge in [0.25, 0.3) is 0 Å². The van der Waals surface area contributed by atoms with Gasteiger partial charge in [-0.1, -0.05) is 0 Å². The molecule has 5 nitrogen and oxygen atoms in total. The number of hydrogen-bond acceptors (Lipinski definition) is 4. The summed E-state index contributed by atoms with van der Waals surface area (Å²) in [4.78, 5) is 0.299. The zero-order valence-corrected chi connectivity index (χ0v) is 10.2. The highest BCUT2D eigenvalue weighted by Gasteiger charge is 2.07. The summed E-state index contributed by atoms with van der Waals surface area (Å²) in [6.45, 7) is 0.432. The quantitative estimate of drug-likeness (QED) is 0.872. The Morgan fingerprint density at radius 3 is 2.41 bits per heavy atom. The standard InChI is InChI=1S/C11H13N3O2S/c1-17(15,16)11-4-2-10(3-5-11)14-8-9(6-12)7-13-14/h2-5,7-8H,6,12H2,1H3. The molecule has 0 aliphatic rings. The Hall–Kier alpha value is -1.66. The lowest BCUT2D eigenvalue weighted by Crippen LogP contribution is -1.99. The summed E-state index contributed by atoms with van der Waals surface area (Å²) in [7, 11) is -3.15. The van der Waals surface area contributed by atoms with Crippen LogP contribution in [0.1, 0.15) is 5.56 Å². The third-order valence-corrected chi connectivity index (χ3v) is 3.53. The van der Waals surface area contributed by atoms with Crippen LogP contribution in [0.2, 0.25) is 0 Å². The Labute approximate surface area is 99.8 Å². The first-order valence-corrected chi connectivity index (χ1v) is 6.94. The molecule has 2 N–H and O–H groups in total. The van der Waals surface area contributed by atoms with Gasteiger partial charge in [-0.05, 0) is 24.3 Å². The first kappa shape index (κ1) is 11.8. The summed E-state index contributed by atoms with van der Waals surface area (Å²) < 4.78 is 24.2. The van der Waals surface area contributed by atoms with Gasteiger partial charge in [-0.3, -0.25) is 0 Å². The van der Waals surface area contributed by atoms with Crippen molar-refractivity contribution in [2.24, 2.45) is 5.73 Å². The molecule has 1 heterocycles. The van der Waals surface area contributed by atoms with Crippen molar-refractivity contribution in [2.45, 2.75) is 11.4 Å². The van der Waals surface area contributed by atoms with Crippen LogP contribution in [0.5, 0.6) is 0 Å². The lowest BCUT2D eigenvalue weighted by Gasteiger charge is -2.02. The molecule has 17 heavy (non-hydrogen) atoms. The summed E-state index contributed by atoms with van der Waals surface area (Å²) in [6.07, 6.45) is 4.68. The normalized spacial score (nSPS) is 11.6. The van der Waals surface area contributed by atoms with Gasteiger partial charge < -0.3 is 5.73 Å². The summed E-state index contributed by atoms with van der Waals surface area (Å²) >= 11 is 0. The topological polar surface area (TPSA) is 78.0 Å². The van der Waals surface area contributed by atoms with Gasteiger partial charge in [0.15, 0.2) is 9.84 Å². The van der Waals surface area contributed by atoms with Crippen LogP contribution < -0.4 is 5.73 Å². The molecule has 0 aliphatic carbocycles. The molecule has 1 aromatic carbocycles. The van der Waals surface area contributed by atoms with E-state index in [0.29, 0.717) is 11.4 Å². The van der Waals surface area contributed by atoms with Crippen LogP contribution in [0, 0.1) is 0 Å². The van der Waals surface area contributed by atoms with Crippen molar-refractivity contribution in [3.05, 3.63) is 42.2 Å². The molecule has 0 atom stereocenters. The van der Waals surface area contributed by atoms with Crippen molar-refractivity contribution in [1.82, 2.24) is 9.78 Å². The second-order valence-corrected chi connectivity index (χ2v) is 5.78. The molecule has 0 spiro atoms. The Morgan fingerprint density at radius 1 is 1.29 bits per heavy atom. The second-order valence-electron chi connectivity index (χ2n) is 3.76. The van der Waals surface area contributed by atoms with Crippen LogP contribution in [0.15, 0.2) is 41.6 Å².